The van der Waals surface area contributed by atoms with Gasteiger partial charge in [0, 0.05) is 0 Å². The molecule has 0 heterocycles. The Morgan fingerprint density at radius 3 is 0.700 bits per heavy atom. The number of halogens is 2. The normalized spacial score (nSPS) is 13.6. The van der Waals surface area contributed by atoms with Crippen molar-refractivity contribution in [3.63, 3.8) is 0 Å². The zero-order chi connectivity index (χ0) is 21.3. The predicted molar refractivity (Wildman–Crippen MR) is 136 cm³/mol. The summed E-state index contributed by atoms with van der Waals surface area (Å²) >= 11 is 2.90. The van der Waals surface area contributed by atoms with E-state index in [-0.39, 0.29) is 35.8 Å². The molecular formula is C24H34Cl2Hf2Si2. The Morgan fingerprint density at radius 1 is 0.500 bits per heavy atom. The summed E-state index contributed by atoms with van der Waals surface area (Å²) in [5.74, 6) is 0. The molecule has 0 amide bonds. The second-order valence-corrected chi connectivity index (χ2v) is 31.6. The van der Waals surface area contributed by atoms with Gasteiger partial charge in [0.1, 0.15) is 0 Å². The third-order valence-corrected chi connectivity index (χ3v) is 2.34. The van der Waals surface area contributed by atoms with E-state index >= 15 is 0 Å². The number of allylic oxidation sites excluding steroid dienone is 16. The van der Waals surface area contributed by atoms with Crippen LogP contribution in [-0.2, 0) is 46.0 Å². The van der Waals surface area contributed by atoms with Crippen molar-refractivity contribution in [2.75, 3.05) is 0 Å². The zero-order valence-corrected chi connectivity index (χ0v) is 29.4. The first-order valence-corrected chi connectivity index (χ1v) is 25.1. The Morgan fingerprint density at radius 2 is 0.667 bits per heavy atom. The minimum atomic E-state index is 0. The summed E-state index contributed by atoms with van der Waals surface area (Å²) in [7, 11) is 0. The first-order chi connectivity index (χ1) is 13.5. The van der Waals surface area contributed by atoms with Crippen LogP contribution in [-0.4, -0.2) is 11.0 Å². The van der Waals surface area contributed by atoms with Gasteiger partial charge in [-0.05, 0) is 0 Å². The smallest absolute Gasteiger partial charge is 0.109 e. The number of hydrogen-bond donors (Lipinski definition) is 0. The maximum atomic E-state index is 2.99. The third-order valence-electron chi connectivity index (χ3n) is 2.34. The van der Waals surface area contributed by atoms with Crippen molar-refractivity contribution >= 4 is 35.8 Å². The van der Waals surface area contributed by atoms with Gasteiger partial charge in [-0.2, -0.15) is 24.3 Å². The van der Waals surface area contributed by atoms with Gasteiger partial charge in [-0.1, -0.05) is 0 Å². The average molecular weight is 807 g/mol. The van der Waals surface area contributed by atoms with E-state index in [0.717, 1.165) is 25.7 Å². The number of hydrogen-bond acceptors (Lipinski definition) is 0. The molecule has 0 saturated carbocycles. The molecule has 0 fully saturated rings. The number of rotatable bonds is 0. The van der Waals surface area contributed by atoms with Gasteiger partial charge in [-0.15, -0.1) is 50.5 Å². The van der Waals surface area contributed by atoms with Crippen LogP contribution >= 0.6 is 24.8 Å². The van der Waals surface area contributed by atoms with E-state index in [9.17, 15) is 0 Å². The topological polar surface area (TPSA) is 0 Å². The average Bonchev–Trinajstić information content (AvgIpc) is 3.52. The molecule has 0 aliphatic heterocycles. The van der Waals surface area contributed by atoms with E-state index in [1.807, 2.05) is 48.6 Å². The first kappa shape index (κ1) is 38.0. The maximum Gasteiger partial charge on any atom is -0.109 e. The van der Waals surface area contributed by atoms with E-state index in [0.29, 0.717) is 0 Å². The van der Waals surface area contributed by atoms with Gasteiger partial charge >= 0.3 is 83.2 Å². The van der Waals surface area contributed by atoms with Crippen molar-refractivity contribution in [1.82, 2.24) is 0 Å². The van der Waals surface area contributed by atoms with Crippen LogP contribution in [0.25, 0.3) is 0 Å². The molecule has 0 saturated heterocycles. The molecule has 0 radical (unpaired) electrons. The molecule has 0 aromatic carbocycles. The summed E-state index contributed by atoms with van der Waals surface area (Å²) in [4.78, 5) is 0. The minimum absolute atomic E-state index is 0. The molecule has 4 aliphatic carbocycles. The standard InChI is InChI=1S/4C5H5.2C2H6Si.2ClH.2Hf/c4*1-2-4-5-3-1;2*1-3-2;;;;/h4*1-3H,4H2;2*1-2H3;2*1H;;/q4*-1;;;;;2*+2. The maximum absolute atomic E-state index is 2.99. The molecule has 0 atom stereocenters. The van der Waals surface area contributed by atoms with Crippen LogP contribution in [0.5, 0.6) is 0 Å². The SMILES string of the molecule is C[Si](C)=[Hf+2].C[Si](C)=[Hf+2].Cl.Cl.[C-]1=CC=CC1.[C-]1=CC=CC1.[C-]1=CC=CC1.[C-]1=CC=CC1. The Kier molecular flexibility index (Phi) is 43.4. The van der Waals surface area contributed by atoms with Crippen molar-refractivity contribution in [1.29, 1.82) is 0 Å². The Bertz CT molecular complexity index is 494. The van der Waals surface area contributed by atoms with E-state index in [1.165, 1.54) is 46.0 Å². The van der Waals surface area contributed by atoms with Crippen LogP contribution in [0, 0.1) is 24.3 Å². The Balaban J connectivity index is -0.000000134. The molecule has 0 aromatic heterocycles. The van der Waals surface area contributed by atoms with Crippen molar-refractivity contribution in [2.24, 2.45) is 0 Å². The van der Waals surface area contributed by atoms with Gasteiger partial charge in [0.15, 0.2) is 0 Å². The van der Waals surface area contributed by atoms with Gasteiger partial charge in [0.2, 0.25) is 0 Å². The fourth-order valence-electron chi connectivity index (χ4n) is 1.36. The summed E-state index contributed by atoms with van der Waals surface area (Å²) in [6, 6.07) is 0. The second-order valence-electron chi connectivity index (χ2n) is 6.01. The van der Waals surface area contributed by atoms with Gasteiger partial charge in [-0.3, -0.25) is 24.3 Å². The van der Waals surface area contributed by atoms with Gasteiger partial charge in [-0.25, -0.2) is 48.6 Å². The molecule has 6 heteroatoms. The largest absolute Gasteiger partial charge is 0.273 e. The molecule has 0 N–H and O–H groups in total. The Hall–Kier alpha value is 0.674. The molecule has 4 aliphatic rings. The van der Waals surface area contributed by atoms with Gasteiger partial charge in [0.25, 0.3) is 0 Å². The van der Waals surface area contributed by atoms with E-state index in [1.54, 1.807) is 0 Å². The summed E-state index contributed by atoms with van der Waals surface area (Å²) in [6.07, 6.45) is 40.0. The van der Waals surface area contributed by atoms with Crippen LogP contribution in [0.3, 0.4) is 0 Å². The second kappa shape index (κ2) is 34.3. The summed E-state index contributed by atoms with van der Waals surface area (Å²) in [5.41, 5.74) is 0.519. The summed E-state index contributed by atoms with van der Waals surface area (Å²) < 4.78 is 0. The van der Waals surface area contributed by atoms with Crippen LogP contribution in [0.4, 0.5) is 0 Å². The fourth-order valence-corrected chi connectivity index (χ4v) is 1.36. The molecule has 0 unspecified atom stereocenters. The van der Waals surface area contributed by atoms with Crippen LogP contribution < -0.4 is 0 Å². The van der Waals surface area contributed by atoms with Crippen molar-refractivity contribution in [2.45, 2.75) is 51.9 Å². The van der Waals surface area contributed by atoms with Gasteiger partial charge in [0.05, 0.1) is 0 Å². The quantitative estimate of drug-likeness (QED) is 0.175. The fraction of sp³-hybridized carbons (Fsp3) is 0.333. The molecule has 0 aromatic rings. The van der Waals surface area contributed by atoms with Crippen LogP contribution in [0.15, 0.2) is 72.9 Å². The molecule has 0 nitrogen and oxygen atoms in total. The predicted octanol–water partition coefficient (Wildman–Crippen LogP) is 7.63. The van der Waals surface area contributed by atoms with Crippen LogP contribution in [0.1, 0.15) is 25.7 Å². The third kappa shape index (κ3) is 51.4. The minimum Gasteiger partial charge on any atom is -0.273 e. The molecule has 160 valence electrons. The van der Waals surface area contributed by atoms with Crippen LogP contribution in [0.2, 0.25) is 26.2 Å². The molecule has 0 bridgehead atoms. The van der Waals surface area contributed by atoms with E-state index in [2.05, 4.69) is 74.8 Å². The molecule has 30 heavy (non-hydrogen) atoms. The molecule has 0 spiro atoms. The summed E-state index contributed by atoms with van der Waals surface area (Å²) in [6.45, 7) is 9.32. The monoisotopic (exact) mass is 808 g/mol. The zero-order valence-electron chi connectivity index (χ0n) is 18.6. The molecular weight excluding hydrogens is 772 g/mol. The van der Waals surface area contributed by atoms with Gasteiger partial charge < -0.3 is 0 Å². The Labute approximate surface area is 228 Å². The molecule has 4 rings (SSSR count). The van der Waals surface area contributed by atoms with E-state index < -0.39 is 0 Å². The van der Waals surface area contributed by atoms with Crippen molar-refractivity contribution < 1.29 is 46.0 Å². The summed E-state index contributed by atoms with van der Waals surface area (Å²) in [5, 5.41) is 0. The first-order valence-electron chi connectivity index (χ1n) is 9.37. The van der Waals surface area contributed by atoms with E-state index in [4.69, 9.17) is 0 Å². The van der Waals surface area contributed by atoms with Crippen molar-refractivity contribution in [3.8, 4) is 0 Å². The van der Waals surface area contributed by atoms with Crippen molar-refractivity contribution in [3.05, 3.63) is 97.2 Å².